The molecule has 1 saturated carbocycles. The maximum absolute atomic E-state index is 12.9. The van der Waals surface area contributed by atoms with Crippen molar-refractivity contribution in [1.29, 1.82) is 0 Å². The highest BCUT2D eigenvalue weighted by atomic mass is 16.5. The average molecular weight is 357 g/mol. The van der Waals surface area contributed by atoms with Gasteiger partial charge in [0.1, 0.15) is 11.5 Å². The van der Waals surface area contributed by atoms with E-state index in [0.717, 1.165) is 50.0 Å². The van der Waals surface area contributed by atoms with Crippen LogP contribution < -0.4 is 4.74 Å². The summed E-state index contributed by atoms with van der Waals surface area (Å²) in [6.45, 7) is 5.74. The standard InChI is InChI=1S/C22H31NO3/c1-16(2)15-26-18-11-9-17(10-12-18)14-22(25)23-13-5-7-20(23)19-6-3-4-8-21(19)24/h9-12,16,19-20H,3-8,13-15H2,1-2H3. The van der Waals surface area contributed by atoms with Gasteiger partial charge in [0.2, 0.25) is 5.91 Å². The monoisotopic (exact) mass is 357 g/mol. The largest absolute Gasteiger partial charge is 0.493 e. The zero-order chi connectivity index (χ0) is 18.5. The van der Waals surface area contributed by atoms with E-state index >= 15 is 0 Å². The Kier molecular flexibility index (Phi) is 6.33. The number of Topliss-reactive ketones (excluding diaryl/α,β-unsaturated/α-hetero) is 1. The Morgan fingerprint density at radius 2 is 1.92 bits per heavy atom. The maximum Gasteiger partial charge on any atom is 0.227 e. The van der Waals surface area contributed by atoms with Gasteiger partial charge in [-0.05, 0) is 49.3 Å². The number of amides is 1. The van der Waals surface area contributed by atoms with Crippen molar-refractivity contribution in [3.05, 3.63) is 29.8 Å². The summed E-state index contributed by atoms with van der Waals surface area (Å²) in [7, 11) is 0. The summed E-state index contributed by atoms with van der Waals surface area (Å²) < 4.78 is 5.70. The number of rotatable bonds is 6. The topological polar surface area (TPSA) is 46.6 Å². The third kappa shape index (κ3) is 4.66. The van der Waals surface area contributed by atoms with E-state index < -0.39 is 0 Å². The minimum Gasteiger partial charge on any atom is -0.493 e. The van der Waals surface area contributed by atoms with Crippen LogP contribution in [0.2, 0.25) is 0 Å². The SMILES string of the molecule is CC(C)COc1ccc(CC(=O)N2CCCC2C2CCCCC2=O)cc1. The molecule has 0 aromatic heterocycles. The van der Waals surface area contributed by atoms with Gasteiger partial charge in [-0.15, -0.1) is 0 Å². The third-order valence-electron chi connectivity index (χ3n) is 5.55. The molecule has 1 aliphatic heterocycles. The number of carbonyl (C=O) groups is 2. The summed E-state index contributed by atoms with van der Waals surface area (Å²) in [6, 6.07) is 7.97. The van der Waals surface area contributed by atoms with Crippen LogP contribution >= 0.6 is 0 Å². The van der Waals surface area contributed by atoms with Crippen molar-refractivity contribution in [2.45, 2.75) is 64.8 Å². The molecule has 2 aliphatic rings. The molecule has 142 valence electrons. The van der Waals surface area contributed by atoms with E-state index in [2.05, 4.69) is 13.8 Å². The van der Waals surface area contributed by atoms with Gasteiger partial charge in [0.15, 0.2) is 0 Å². The maximum atomic E-state index is 12.9. The van der Waals surface area contributed by atoms with Crippen LogP contribution in [0.4, 0.5) is 0 Å². The van der Waals surface area contributed by atoms with E-state index in [4.69, 9.17) is 4.74 Å². The quantitative estimate of drug-likeness (QED) is 0.773. The van der Waals surface area contributed by atoms with Crippen LogP contribution in [0, 0.1) is 11.8 Å². The Bertz CT molecular complexity index is 623. The van der Waals surface area contributed by atoms with Gasteiger partial charge < -0.3 is 9.64 Å². The van der Waals surface area contributed by atoms with E-state index in [1.807, 2.05) is 29.2 Å². The number of likely N-dealkylation sites (tertiary alicyclic amines) is 1. The van der Waals surface area contributed by atoms with Crippen LogP contribution in [-0.2, 0) is 16.0 Å². The molecule has 1 saturated heterocycles. The lowest BCUT2D eigenvalue weighted by atomic mass is 9.81. The van der Waals surface area contributed by atoms with Crippen LogP contribution in [0.1, 0.15) is 57.9 Å². The number of ketones is 1. The molecule has 0 N–H and O–H groups in total. The van der Waals surface area contributed by atoms with Crippen LogP contribution in [-0.4, -0.2) is 35.8 Å². The first kappa shape index (κ1) is 18.9. The van der Waals surface area contributed by atoms with Gasteiger partial charge in [0.05, 0.1) is 13.0 Å². The molecule has 1 amide bonds. The van der Waals surface area contributed by atoms with Crippen molar-refractivity contribution in [1.82, 2.24) is 4.90 Å². The van der Waals surface area contributed by atoms with E-state index in [-0.39, 0.29) is 17.9 Å². The van der Waals surface area contributed by atoms with E-state index in [0.29, 0.717) is 31.1 Å². The zero-order valence-corrected chi connectivity index (χ0v) is 16.1. The van der Waals surface area contributed by atoms with Crippen molar-refractivity contribution < 1.29 is 14.3 Å². The molecule has 4 nitrogen and oxygen atoms in total. The van der Waals surface area contributed by atoms with Crippen molar-refractivity contribution in [2.24, 2.45) is 11.8 Å². The first-order valence-corrected chi connectivity index (χ1v) is 10.1. The lowest BCUT2D eigenvalue weighted by Crippen LogP contribution is -2.44. The molecule has 26 heavy (non-hydrogen) atoms. The summed E-state index contributed by atoms with van der Waals surface area (Å²) in [6.07, 6.45) is 6.18. The number of hydrogen-bond acceptors (Lipinski definition) is 3. The van der Waals surface area contributed by atoms with Gasteiger partial charge in [-0.1, -0.05) is 32.4 Å². The zero-order valence-electron chi connectivity index (χ0n) is 16.1. The number of nitrogens with zero attached hydrogens (tertiary/aromatic N) is 1. The van der Waals surface area contributed by atoms with Gasteiger partial charge >= 0.3 is 0 Å². The molecule has 1 aromatic carbocycles. The second-order valence-corrected chi connectivity index (χ2v) is 8.14. The highest BCUT2D eigenvalue weighted by Gasteiger charge is 2.38. The van der Waals surface area contributed by atoms with Gasteiger partial charge in [-0.25, -0.2) is 0 Å². The summed E-state index contributed by atoms with van der Waals surface area (Å²) in [4.78, 5) is 27.1. The Morgan fingerprint density at radius 1 is 1.15 bits per heavy atom. The van der Waals surface area contributed by atoms with E-state index in [1.54, 1.807) is 0 Å². The minimum absolute atomic E-state index is 0.0713. The number of benzene rings is 1. The van der Waals surface area contributed by atoms with Crippen LogP contribution in [0.15, 0.2) is 24.3 Å². The Balaban J connectivity index is 1.59. The highest BCUT2D eigenvalue weighted by Crippen LogP contribution is 2.32. The van der Waals surface area contributed by atoms with Gasteiger partial charge in [0, 0.05) is 24.9 Å². The molecule has 3 rings (SSSR count). The van der Waals surface area contributed by atoms with E-state index in [9.17, 15) is 9.59 Å². The fraction of sp³-hybridized carbons (Fsp3) is 0.636. The van der Waals surface area contributed by atoms with Crippen LogP contribution in [0.5, 0.6) is 5.75 Å². The third-order valence-corrected chi connectivity index (χ3v) is 5.55. The molecule has 1 aliphatic carbocycles. The lowest BCUT2D eigenvalue weighted by molar-refractivity contribution is -0.135. The molecule has 0 radical (unpaired) electrons. The molecule has 1 aromatic rings. The summed E-state index contributed by atoms with van der Waals surface area (Å²) in [5.41, 5.74) is 1.01. The number of ether oxygens (including phenoxy) is 1. The van der Waals surface area contributed by atoms with Crippen molar-refractivity contribution in [2.75, 3.05) is 13.2 Å². The Labute approximate surface area is 156 Å². The number of carbonyl (C=O) groups excluding carboxylic acids is 2. The van der Waals surface area contributed by atoms with Crippen molar-refractivity contribution >= 4 is 11.7 Å². The fourth-order valence-corrected chi connectivity index (χ4v) is 4.18. The second-order valence-electron chi connectivity index (χ2n) is 8.14. The second kappa shape index (κ2) is 8.70. The first-order chi connectivity index (χ1) is 12.5. The Hall–Kier alpha value is -1.84. The van der Waals surface area contributed by atoms with E-state index in [1.165, 1.54) is 0 Å². The molecule has 4 heteroatoms. The molecule has 2 atom stereocenters. The van der Waals surface area contributed by atoms with Crippen molar-refractivity contribution in [3.63, 3.8) is 0 Å². The predicted octanol–water partition coefficient (Wildman–Crippen LogP) is 4.01. The molecular formula is C22H31NO3. The minimum atomic E-state index is 0.0713. The summed E-state index contributed by atoms with van der Waals surface area (Å²) in [5.74, 6) is 1.93. The fourth-order valence-electron chi connectivity index (χ4n) is 4.18. The molecule has 1 heterocycles. The van der Waals surface area contributed by atoms with Crippen LogP contribution in [0.3, 0.4) is 0 Å². The summed E-state index contributed by atoms with van der Waals surface area (Å²) in [5, 5.41) is 0. The molecule has 2 unspecified atom stereocenters. The number of hydrogen-bond donors (Lipinski definition) is 0. The average Bonchev–Trinajstić information content (AvgIpc) is 3.11. The van der Waals surface area contributed by atoms with Crippen molar-refractivity contribution in [3.8, 4) is 5.75 Å². The highest BCUT2D eigenvalue weighted by molar-refractivity contribution is 5.84. The van der Waals surface area contributed by atoms with Gasteiger partial charge in [0.25, 0.3) is 0 Å². The first-order valence-electron chi connectivity index (χ1n) is 10.1. The van der Waals surface area contributed by atoms with Crippen LogP contribution in [0.25, 0.3) is 0 Å². The molecule has 0 spiro atoms. The molecular weight excluding hydrogens is 326 g/mol. The molecule has 0 bridgehead atoms. The summed E-state index contributed by atoms with van der Waals surface area (Å²) >= 11 is 0. The van der Waals surface area contributed by atoms with Gasteiger partial charge in [-0.3, -0.25) is 9.59 Å². The predicted molar refractivity (Wildman–Crippen MR) is 102 cm³/mol. The smallest absolute Gasteiger partial charge is 0.227 e. The normalized spacial score (nSPS) is 23.5. The molecule has 2 fully saturated rings. The Morgan fingerprint density at radius 3 is 2.62 bits per heavy atom. The van der Waals surface area contributed by atoms with Gasteiger partial charge in [-0.2, -0.15) is 0 Å². The lowest BCUT2D eigenvalue weighted by Gasteiger charge is -2.33.